The minimum absolute atomic E-state index is 0.0118. The minimum Gasteiger partial charge on any atom is -0.477 e. The lowest BCUT2D eigenvalue weighted by molar-refractivity contribution is -0.347. The molecule has 26 heteroatoms. The van der Waals surface area contributed by atoms with E-state index in [1.807, 2.05) is 41.5 Å². The van der Waals surface area contributed by atoms with Crippen LogP contribution in [0.5, 0.6) is 0 Å². The summed E-state index contributed by atoms with van der Waals surface area (Å²) < 4.78 is 36.0. The van der Waals surface area contributed by atoms with Gasteiger partial charge in [-0.1, -0.05) is 85.2 Å². The third-order valence-electron chi connectivity index (χ3n) is 16.9. The number of benzene rings is 1. The molecule has 4 amide bonds. The Labute approximate surface area is 493 Å². The fourth-order valence-electron chi connectivity index (χ4n) is 11.9. The van der Waals surface area contributed by atoms with E-state index < -0.39 is 153 Å². The van der Waals surface area contributed by atoms with Crippen molar-refractivity contribution in [2.24, 2.45) is 29.6 Å². The van der Waals surface area contributed by atoms with E-state index in [4.69, 9.17) is 28.4 Å². The molecular formula is C58H98N6O20. The highest BCUT2D eigenvalue weighted by molar-refractivity contribution is 5.88. The molecule has 0 bridgehead atoms. The van der Waals surface area contributed by atoms with Gasteiger partial charge < -0.3 is 95.0 Å². The molecule has 1 aromatic carbocycles. The molecule has 0 spiro atoms. The fraction of sp³-hybridized carbons (Fsp3) is 0.793. The Kier molecular flexibility index (Phi) is 28.4. The third kappa shape index (κ3) is 17.9. The number of carbonyl (C=O) groups is 6. The van der Waals surface area contributed by atoms with Gasteiger partial charge in [-0.05, 0) is 50.1 Å². The predicted octanol–water partition coefficient (Wildman–Crippen LogP) is -1.18. The summed E-state index contributed by atoms with van der Waals surface area (Å²) >= 11 is 0. The summed E-state index contributed by atoms with van der Waals surface area (Å²) in [5.74, 6) is -8.54. The molecule has 3 fully saturated rings. The van der Waals surface area contributed by atoms with Crippen LogP contribution < -0.4 is 21.3 Å². The number of carboxylic acid groups (broad SMARTS) is 1. The molecule has 3 aliphatic heterocycles. The van der Waals surface area contributed by atoms with Gasteiger partial charge in [-0.25, -0.2) is 4.79 Å². The number of hydrogen-bond donors (Lipinski definition) is 12. The molecule has 3 saturated heterocycles. The number of rotatable bonds is 33. The molecule has 1 aromatic rings. The summed E-state index contributed by atoms with van der Waals surface area (Å²) in [6.45, 7) is 14.3. The van der Waals surface area contributed by atoms with E-state index in [0.29, 0.717) is 31.4 Å². The van der Waals surface area contributed by atoms with Gasteiger partial charge in [-0.2, -0.15) is 0 Å². The van der Waals surface area contributed by atoms with E-state index in [1.54, 1.807) is 68.1 Å². The van der Waals surface area contributed by atoms with Crippen LogP contribution in [0.15, 0.2) is 30.3 Å². The van der Waals surface area contributed by atoms with E-state index in [-0.39, 0.29) is 60.9 Å². The Morgan fingerprint density at radius 2 is 1.55 bits per heavy atom. The van der Waals surface area contributed by atoms with Crippen molar-refractivity contribution in [2.75, 3.05) is 61.2 Å². The summed E-state index contributed by atoms with van der Waals surface area (Å²) in [4.78, 5) is 84.6. The van der Waals surface area contributed by atoms with Crippen molar-refractivity contribution < 1.29 is 98.0 Å². The molecule has 84 heavy (non-hydrogen) atoms. The minimum atomic E-state index is -2.80. The Balaban J connectivity index is 1.52. The van der Waals surface area contributed by atoms with Crippen LogP contribution in [0, 0.1) is 29.6 Å². The highest BCUT2D eigenvalue weighted by Crippen LogP contribution is 2.39. The number of nitrogens with zero attached hydrogens (tertiary/aromatic N) is 2. The Morgan fingerprint density at radius 1 is 0.905 bits per heavy atom. The van der Waals surface area contributed by atoms with Gasteiger partial charge in [-0.3, -0.25) is 29.3 Å². The van der Waals surface area contributed by atoms with E-state index in [2.05, 4.69) is 21.3 Å². The van der Waals surface area contributed by atoms with Crippen LogP contribution in [-0.2, 0) is 57.2 Å². The summed E-state index contributed by atoms with van der Waals surface area (Å²) in [6, 6.07) is 5.39. The van der Waals surface area contributed by atoms with Crippen LogP contribution in [0.1, 0.15) is 106 Å². The number of carbonyl (C=O) groups excluding carboxylic acids is 5. The van der Waals surface area contributed by atoms with Gasteiger partial charge in [0.2, 0.25) is 23.6 Å². The molecular weight excluding hydrogens is 1100 g/mol. The van der Waals surface area contributed by atoms with Gasteiger partial charge in [0.1, 0.15) is 42.7 Å². The van der Waals surface area contributed by atoms with E-state index in [1.165, 1.54) is 21.1 Å². The van der Waals surface area contributed by atoms with Gasteiger partial charge in [0, 0.05) is 53.6 Å². The van der Waals surface area contributed by atoms with Crippen LogP contribution in [0.3, 0.4) is 0 Å². The average Bonchev–Trinajstić information content (AvgIpc) is 1.77. The molecule has 26 nitrogen and oxygen atoms in total. The zero-order valence-electron chi connectivity index (χ0n) is 51.0. The first kappa shape index (κ1) is 72.1. The number of aliphatic carboxylic acids is 1. The molecule has 480 valence electrons. The highest BCUT2D eigenvalue weighted by atomic mass is 16.7. The van der Waals surface area contributed by atoms with E-state index in [9.17, 15) is 69.6 Å². The zero-order chi connectivity index (χ0) is 63.1. The maximum absolute atomic E-state index is 14.6. The van der Waals surface area contributed by atoms with Crippen LogP contribution in [0.2, 0.25) is 0 Å². The molecule has 0 radical (unpaired) electrons. The molecule has 12 N–H and O–H groups in total. The lowest BCUT2D eigenvalue weighted by atomic mass is 9.83. The van der Waals surface area contributed by atoms with E-state index >= 15 is 0 Å². The van der Waals surface area contributed by atoms with Crippen molar-refractivity contribution in [3.63, 3.8) is 0 Å². The molecule has 3 heterocycles. The lowest BCUT2D eigenvalue weighted by Crippen LogP contribution is -2.65. The first-order chi connectivity index (χ1) is 39.6. The Bertz CT molecular complexity index is 2260. The van der Waals surface area contributed by atoms with Crippen molar-refractivity contribution in [2.45, 2.75) is 204 Å². The number of likely N-dealkylation sites (tertiary alicyclic amines) is 1. The molecule has 3 aliphatic rings. The number of ketones is 1. The number of aliphatic hydroxyl groups is 7. The number of hydrogen-bond acceptors (Lipinski definition) is 21. The predicted molar refractivity (Wildman–Crippen MR) is 303 cm³/mol. The second-order valence-corrected chi connectivity index (χ2v) is 23.5. The first-order valence-corrected chi connectivity index (χ1v) is 29.3. The van der Waals surface area contributed by atoms with Crippen LogP contribution >= 0.6 is 0 Å². The van der Waals surface area contributed by atoms with Crippen LogP contribution in [-0.4, -0.2) is 251 Å². The average molecular weight is 1200 g/mol. The maximum atomic E-state index is 14.6. The molecule has 0 aromatic heterocycles. The van der Waals surface area contributed by atoms with Crippen molar-refractivity contribution >= 4 is 35.4 Å². The normalized spacial score (nSPS) is 28.7. The van der Waals surface area contributed by atoms with Gasteiger partial charge in [0.15, 0.2) is 12.1 Å². The largest absolute Gasteiger partial charge is 0.477 e. The van der Waals surface area contributed by atoms with Crippen LogP contribution in [0.4, 0.5) is 0 Å². The number of aliphatic hydroxyl groups excluding tert-OH is 7. The zero-order valence-corrected chi connectivity index (χ0v) is 51.0. The van der Waals surface area contributed by atoms with Crippen LogP contribution in [0.25, 0.3) is 0 Å². The van der Waals surface area contributed by atoms with Crippen molar-refractivity contribution in [3.8, 4) is 0 Å². The number of ether oxygens (including phenoxy) is 6. The van der Waals surface area contributed by atoms with Gasteiger partial charge in [0.05, 0.1) is 86.7 Å². The molecule has 0 saturated carbocycles. The summed E-state index contributed by atoms with van der Waals surface area (Å²) in [5.41, 5.74) is 0.474. The molecule has 0 aliphatic carbocycles. The Hall–Kier alpha value is -4.36. The number of likely N-dealkylation sites (N-methyl/N-ethyl adjacent to an activating group) is 2. The summed E-state index contributed by atoms with van der Waals surface area (Å²) in [7, 11) is 6.39. The number of nitrogens with one attached hydrogen (secondary N) is 4. The summed E-state index contributed by atoms with van der Waals surface area (Å²) in [6.07, 6.45) is -18.4. The highest BCUT2D eigenvalue weighted by Gasteiger charge is 2.57. The standard InChI is InChI=1S/C58H98N6O20/c1-14-31(6)46(63(11)55(76)45(30(4)5)61-26-39(68)44(59-10)29(2)3)41(79-12)23-43(70)64-22-18-21-37(64)51(80-13)32(7)54(75)62-33(8)52(35-19-16-15-17-20-35)83-56-50(74)49(73)48(72)42(82-56)28-81-58(57(77)78)24-38(67)36(25-60-34(9)66)53(84-58)47(71)40(69)27-65/h15-17,19-20,29-33,36-38,40-42,44-53,56,59,61,65,67,69,71-74H,14,18,21-28H2,1-13H3,(H,60,66)(H,62,75)(H,77,78). The second-order valence-electron chi connectivity index (χ2n) is 23.5. The monoisotopic (exact) mass is 1200 g/mol. The molecule has 21 unspecified atom stereocenters. The van der Waals surface area contributed by atoms with Gasteiger partial charge in [-0.15, -0.1) is 0 Å². The summed E-state index contributed by atoms with van der Waals surface area (Å²) in [5, 5.41) is 98.0. The molecule has 21 atom stereocenters. The van der Waals surface area contributed by atoms with Gasteiger partial charge >= 0.3 is 5.97 Å². The lowest BCUT2D eigenvalue weighted by Gasteiger charge is -2.47. The number of carboxylic acids is 1. The molecule has 4 rings (SSSR count). The van der Waals surface area contributed by atoms with Crippen molar-refractivity contribution in [1.29, 1.82) is 0 Å². The van der Waals surface area contributed by atoms with E-state index in [0.717, 1.165) is 0 Å². The second kappa shape index (κ2) is 33.1. The smallest absolute Gasteiger partial charge is 0.364 e. The third-order valence-corrected chi connectivity index (χ3v) is 16.9. The fourth-order valence-corrected chi connectivity index (χ4v) is 11.9. The number of amides is 4. The topological polar surface area (TPSA) is 374 Å². The Morgan fingerprint density at radius 3 is 2.10 bits per heavy atom. The van der Waals surface area contributed by atoms with Crippen molar-refractivity contribution in [3.05, 3.63) is 35.9 Å². The number of methoxy groups -OCH3 is 2. The quantitative estimate of drug-likeness (QED) is 0.0394. The SMILES string of the molecule is CCC(C)C(C(CC(=O)N1CCCC1C(OC)C(C)C(=O)NC(C)C(OC1OC(COC2(C(=O)O)CC(O)C(CNC(C)=O)C(C(O)C(O)CO)O2)C(O)C(O)C1O)c1ccccc1)OC)N(C)C(=O)C(NCC(=O)C(NC)C(C)C)C(C)C. The number of Topliss-reactive ketones (excluding diaryl/α,β-unsaturated/α-hetero) is 1. The van der Waals surface area contributed by atoms with Crippen molar-refractivity contribution in [1.82, 2.24) is 31.1 Å². The first-order valence-electron chi connectivity index (χ1n) is 29.3. The van der Waals surface area contributed by atoms with Gasteiger partial charge in [0.25, 0.3) is 5.79 Å². The maximum Gasteiger partial charge on any atom is 0.364 e.